The maximum Gasteiger partial charge on any atom is 0.118 e. The van der Waals surface area contributed by atoms with Gasteiger partial charge in [0.25, 0.3) is 0 Å². The van der Waals surface area contributed by atoms with Crippen molar-refractivity contribution in [3.8, 4) is 5.75 Å². The lowest BCUT2D eigenvalue weighted by molar-refractivity contribution is -0.228. The van der Waals surface area contributed by atoms with Crippen LogP contribution in [0.2, 0.25) is 0 Å². The molecule has 0 spiro atoms. The van der Waals surface area contributed by atoms with Gasteiger partial charge in [0.1, 0.15) is 30.2 Å². The SMILES string of the molecule is COc1ccc(CC2=C(C)CC([C@@H]3O[C@H](CO)[C@@H](O)[C@H](O)[C@H]3O)S2)cc1. The van der Waals surface area contributed by atoms with Gasteiger partial charge in [0.15, 0.2) is 0 Å². The largest absolute Gasteiger partial charge is 0.497 e. The smallest absolute Gasteiger partial charge is 0.118 e. The molecule has 7 heteroatoms. The minimum atomic E-state index is -1.32. The lowest BCUT2D eigenvalue weighted by Crippen LogP contribution is -2.60. The van der Waals surface area contributed by atoms with E-state index in [1.165, 1.54) is 16.0 Å². The normalized spacial score (nSPS) is 35.0. The number of thioether (sulfide) groups is 1. The number of methoxy groups -OCH3 is 1. The van der Waals surface area contributed by atoms with E-state index in [-0.39, 0.29) is 5.25 Å². The summed E-state index contributed by atoms with van der Waals surface area (Å²) in [5.74, 6) is 0.817. The van der Waals surface area contributed by atoms with Crippen LogP contribution in [0, 0.1) is 0 Å². The van der Waals surface area contributed by atoms with Crippen LogP contribution in [-0.2, 0) is 11.2 Å². The van der Waals surface area contributed by atoms with Gasteiger partial charge in [-0.25, -0.2) is 0 Å². The number of ether oxygens (including phenoxy) is 2. The molecule has 26 heavy (non-hydrogen) atoms. The van der Waals surface area contributed by atoms with Crippen LogP contribution in [0.5, 0.6) is 5.75 Å². The summed E-state index contributed by atoms with van der Waals surface area (Å²) in [7, 11) is 1.64. The second kappa shape index (κ2) is 8.29. The van der Waals surface area contributed by atoms with Crippen molar-refractivity contribution in [1.29, 1.82) is 0 Å². The highest BCUT2D eigenvalue weighted by Gasteiger charge is 2.47. The first-order chi connectivity index (χ1) is 12.4. The number of benzene rings is 1. The topological polar surface area (TPSA) is 99.4 Å². The summed E-state index contributed by atoms with van der Waals surface area (Å²) < 4.78 is 10.9. The van der Waals surface area contributed by atoms with Gasteiger partial charge < -0.3 is 29.9 Å². The molecular weight excluding hydrogens is 356 g/mol. The summed E-state index contributed by atoms with van der Waals surface area (Å²) in [5, 5.41) is 39.6. The van der Waals surface area contributed by atoms with E-state index in [9.17, 15) is 20.4 Å². The molecule has 1 unspecified atom stereocenters. The molecule has 3 rings (SSSR count). The third-order valence-electron chi connectivity index (χ3n) is 5.10. The van der Waals surface area contributed by atoms with E-state index in [0.717, 1.165) is 18.6 Å². The molecule has 0 saturated carbocycles. The quantitative estimate of drug-likeness (QED) is 0.599. The summed E-state index contributed by atoms with van der Waals surface area (Å²) in [6, 6.07) is 7.92. The van der Waals surface area contributed by atoms with Gasteiger partial charge in [-0.15, -0.1) is 11.8 Å². The Labute approximate surface area is 157 Å². The van der Waals surface area contributed by atoms with Gasteiger partial charge in [0.05, 0.1) is 19.8 Å². The van der Waals surface area contributed by atoms with E-state index in [4.69, 9.17) is 9.47 Å². The van der Waals surface area contributed by atoms with Gasteiger partial charge in [-0.2, -0.15) is 0 Å². The molecule has 1 aromatic carbocycles. The molecule has 1 aromatic rings. The Balaban J connectivity index is 1.67. The first kappa shape index (κ1) is 19.7. The van der Waals surface area contributed by atoms with Crippen LogP contribution in [0.15, 0.2) is 34.7 Å². The molecule has 2 aliphatic heterocycles. The number of aliphatic hydroxyl groups is 4. The molecule has 6 nitrogen and oxygen atoms in total. The molecule has 0 bridgehead atoms. The lowest BCUT2D eigenvalue weighted by atomic mass is 9.91. The Kier molecular flexibility index (Phi) is 6.27. The first-order valence-corrected chi connectivity index (χ1v) is 9.61. The van der Waals surface area contributed by atoms with Gasteiger partial charge in [-0.05, 0) is 35.9 Å². The van der Waals surface area contributed by atoms with Crippen molar-refractivity contribution in [2.45, 2.75) is 55.5 Å². The molecule has 1 fully saturated rings. The molecule has 1 saturated heterocycles. The number of rotatable bonds is 5. The van der Waals surface area contributed by atoms with Crippen LogP contribution in [0.1, 0.15) is 18.9 Å². The van der Waals surface area contributed by atoms with Crippen molar-refractivity contribution in [2.75, 3.05) is 13.7 Å². The molecule has 2 heterocycles. The van der Waals surface area contributed by atoms with E-state index in [2.05, 4.69) is 6.92 Å². The molecule has 4 N–H and O–H groups in total. The molecule has 2 aliphatic rings. The molecule has 0 aromatic heterocycles. The number of aliphatic hydroxyl groups excluding tert-OH is 4. The summed E-state index contributed by atoms with van der Waals surface area (Å²) in [4.78, 5) is 1.22. The molecule has 144 valence electrons. The zero-order valence-electron chi connectivity index (χ0n) is 14.9. The minimum Gasteiger partial charge on any atom is -0.497 e. The zero-order valence-corrected chi connectivity index (χ0v) is 15.7. The Morgan fingerprint density at radius 2 is 1.81 bits per heavy atom. The van der Waals surface area contributed by atoms with Gasteiger partial charge >= 0.3 is 0 Å². The van der Waals surface area contributed by atoms with Crippen molar-refractivity contribution in [2.24, 2.45) is 0 Å². The van der Waals surface area contributed by atoms with E-state index < -0.39 is 37.1 Å². The van der Waals surface area contributed by atoms with Gasteiger partial charge in [0.2, 0.25) is 0 Å². The molecule has 0 radical (unpaired) electrons. The second-order valence-corrected chi connectivity index (χ2v) is 8.22. The minimum absolute atomic E-state index is 0.0607. The maximum atomic E-state index is 10.3. The van der Waals surface area contributed by atoms with Crippen LogP contribution in [0.25, 0.3) is 0 Å². The van der Waals surface area contributed by atoms with E-state index in [1.54, 1.807) is 18.9 Å². The average molecular weight is 382 g/mol. The zero-order chi connectivity index (χ0) is 18.8. The van der Waals surface area contributed by atoms with Gasteiger partial charge in [0, 0.05) is 11.7 Å². The van der Waals surface area contributed by atoms with Crippen molar-refractivity contribution in [3.63, 3.8) is 0 Å². The third kappa shape index (κ3) is 3.93. The molecule has 0 amide bonds. The van der Waals surface area contributed by atoms with Crippen LogP contribution >= 0.6 is 11.8 Å². The fourth-order valence-corrected chi connectivity index (χ4v) is 5.08. The summed E-state index contributed by atoms with van der Waals surface area (Å²) in [5.41, 5.74) is 2.40. The fourth-order valence-electron chi connectivity index (χ4n) is 3.48. The molecule has 0 aliphatic carbocycles. The monoisotopic (exact) mass is 382 g/mol. The molecular formula is C19H26O6S. The Hall–Kier alpha value is -1.09. The van der Waals surface area contributed by atoms with Crippen molar-refractivity contribution in [1.82, 2.24) is 0 Å². The first-order valence-electron chi connectivity index (χ1n) is 8.73. The Morgan fingerprint density at radius 3 is 2.42 bits per heavy atom. The second-order valence-electron chi connectivity index (χ2n) is 6.88. The number of hydrogen-bond acceptors (Lipinski definition) is 7. The van der Waals surface area contributed by atoms with Crippen molar-refractivity contribution >= 4 is 11.8 Å². The Bertz CT molecular complexity index is 644. The third-order valence-corrected chi connectivity index (χ3v) is 6.61. The molecule has 6 atom stereocenters. The Morgan fingerprint density at radius 1 is 1.12 bits per heavy atom. The number of allylic oxidation sites excluding steroid dienone is 2. The van der Waals surface area contributed by atoms with Crippen LogP contribution in [0.4, 0.5) is 0 Å². The highest BCUT2D eigenvalue weighted by molar-refractivity contribution is 8.04. The van der Waals surface area contributed by atoms with E-state index >= 15 is 0 Å². The predicted octanol–water partition coefficient (Wildman–Crippen LogP) is 0.860. The predicted molar refractivity (Wildman–Crippen MR) is 99.2 cm³/mol. The van der Waals surface area contributed by atoms with Crippen molar-refractivity contribution < 1.29 is 29.9 Å². The number of hydrogen-bond donors (Lipinski definition) is 4. The highest BCUT2D eigenvalue weighted by atomic mass is 32.2. The lowest BCUT2D eigenvalue weighted by Gasteiger charge is -2.42. The fraction of sp³-hybridized carbons (Fsp3) is 0.579. The summed E-state index contributed by atoms with van der Waals surface area (Å²) in [6.45, 7) is 1.67. The van der Waals surface area contributed by atoms with Gasteiger partial charge in [-0.1, -0.05) is 17.7 Å². The summed E-state index contributed by atoms with van der Waals surface area (Å²) >= 11 is 1.64. The summed E-state index contributed by atoms with van der Waals surface area (Å²) in [6.07, 6.45) is -3.79. The van der Waals surface area contributed by atoms with Gasteiger partial charge in [-0.3, -0.25) is 0 Å². The average Bonchev–Trinajstić information content (AvgIpc) is 3.01. The van der Waals surface area contributed by atoms with E-state index in [0.29, 0.717) is 0 Å². The van der Waals surface area contributed by atoms with Crippen LogP contribution < -0.4 is 4.74 Å². The maximum absolute atomic E-state index is 10.3. The van der Waals surface area contributed by atoms with Crippen LogP contribution in [-0.4, -0.2) is 69.9 Å². The van der Waals surface area contributed by atoms with E-state index in [1.807, 2.05) is 24.3 Å². The van der Waals surface area contributed by atoms with Crippen LogP contribution in [0.3, 0.4) is 0 Å². The highest BCUT2D eigenvalue weighted by Crippen LogP contribution is 2.44. The standard InChI is InChI=1S/C19H26O6S/c1-10-7-15(19-18(23)17(22)16(21)13(9-20)25-19)26-14(10)8-11-3-5-12(24-2)6-4-11/h3-6,13,15-23H,7-9H2,1-2H3/t13-,15?,16-,17+,18-,19+/m1/s1. The van der Waals surface area contributed by atoms with Crippen molar-refractivity contribution in [3.05, 3.63) is 40.3 Å².